The van der Waals surface area contributed by atoms with Gasteiger partial charge in [-0.25, -0.2) is 0 Å². The van der Waals surface area contributed by atoms with Gasteiger partial charge in [0.25, 0.3) is 0 Å². The van der Waals surface area contributed by atoms with Crippen molar-refractivity contribution in [3.63, 3.8) is 0 Å². The maximum absolute atomic E-state index is 8.75. The van der Waals surface area contributed by atoms with Gasteiger partial charge in [-0.15, -0.1) is 0 Å². The van der Waals surface area contributed by atoms with Crippen LogP contribution in [0, 0.1) is 0 Å². The largest absolute Gasteiger partial charge is 0.395 e. The average molecular weight is 260 g/mol. The third kappa shape index (κ3) is 5.75. The van der Waals surface area contributed by atoms with Gasteiger partial charge in [0.2, 0.25) is 0 Å². The van der Waals surface area contributed by atoms with E-state index in [4.69, 9.17) is 22.4 Å². The Bertz CT molecular complexity index is 292. The Hall–Kier alpha value is -0.220. The molecule has 0 aliphatic heterocycles. The summed E-state index contributed by atoms with van der Waals surface area (Å²) in [5.74, 6) is 2.09. The van der Waals surface area contributed by atoms with E-state index in [-0.39, 0.29) is 12.6 Å². The van der Waals surface area contributed by atoms with Crippen molar-refractivity contribution in [1.82, 2.24) is 0 Å². The second kappa shape index (κ2) is 7.96. The quantitative estimate of drug-likeness (QED) is 0.740. The van der Waals surface area contributed by atoms with Crippen molar-refractivity contribution in [3.8, 4) is 0 Å². The number of hydrogen-bond acceptors (Lipinski definition) is 3. The van der Waals surface area contributed by atoms with Crippen molar-refractivity contribution in [2.45, 2.75) is 24.6 Å². The van der Waals surface area contributed by atoms with Crippen molar-refractivity contribution in [2.75, 3.05) is 12.4 Å². The van der Waals surface area contributed by atoms with Crippen LogP contribution < -0.4 is 5.73 Å². The number of thioether (sulfide) groups is 1. The molecular formula is C12H18ClNOS. The number of aliphatic hydroxyl groups excluding tert-OH is 1. The minimum absolute atomic E-state index is 0.0591. The number of benzene rings is 1. The molecule has 0 saturated heterocycles. The fourth-order valence-electron chi connectivity index (χ4n) is 1.31. The van der Waals surface area contributed by atoms with Crippen LogP contribution in [0.4, 0.5) is 0 Å². The summed E-state index contributed by atoms with van der Waals surface area (Å²) in [4.78, 5) is 0. The van der Waals surface area contributed by atoms with Crippen LogP contribution >= 0.6 is 23.4 Å². The molecule has 90 valence electrons. The van der Waals surface area contributed by atoms with Crippen molar-refractivity contribution in [2.24, 2.45) is 5.73 Å². The highest BCUT2D eigenvalue weighted by Crippen LogP contribution is 2.16. The van der Waals surface area contributed by atoms with E-state index in [1.807, 2.05) is 23.9 Å². The van der Waals surface area contributed by atoms with E-state index in [1.54, 1.807) is 0 Å². The summed E-state index contributed by atoms with van der Waals surface area (Å²) in [6, 6.07) is 7.87. The van der Waals surface area contributed by atoms with Crippen LogP contribution in [0.3, 0.4) is 0 Å². The van der Waals surface area contributed by atoms with Gasteiger partial charge in [0.15, 0.2) is 0 Å². The first kappa shape index (κ1) is 13.8. The molecular weight excluding hydrogens is 242 g/mol. The molecule has 0 saturated carbocycles. The van der Waals surface area contributed by atoms with Gasteiger partial charge in [0.1, 0.15) is 0 Å². The van der Waals surface area contributed by atoms with E-state index in [0.29, 0.717) is 0 Å². The fraction of sp³-hybridized carbons (Fsp3) is 0.500. The zero-order valence-electron chi connectivity index (χ0n) is 9.23. The lowest BCUT2D eigenvalue weighted by atomic mass is 10.2. The van der Waals surface area contributed by atoms with E-state index in [0.717, 1.165) is 29.4 Å². The highest BCUT2D eigenvalue weighted by Gasteiger charge is 1.99. The lowest BCUT2D eigenvalue weighted by Crippen LogP contribution is -2.24. The van der Waals surface area contributed by atoms with Crippen molar-refractivity contribution < 1.29 is 5.11 Å². The Morgan fingerprint density at radius 3 is 2.62 bits per heavy atom. The molecule has 0 radical (unpaired) electrons. The molecule has 0 bridgehead atoms. The van der Waals surface area contributed by atoms with E-state index in [1.165, 1.54) is 5.56 Å². The van der Waals surface area contributed by atoms with Crippen molar-refractivity contribution in [1.29, 1.82) is 0 Å². The maximum atomic E-state index is 8.75. The lowest BCUT2D eigenvalue weighted by molar-refractivity contribution is 0.259. The molecule has 0 unspecified atom stereocenters. The van der Waals surface area contributed by atoms with E-state index >= 15 is 0 Å². The highest BCUT2D eigenvalue weighted by atomic mass is 35.5. The second-order valence-electron chi connectivity index (χ2n) is 3.76. The van der Waals surface area contributed by atoms with Gasteiger partial charge >= 0.3 is 0 Å². The van der Waals surface area contributed by atoms with E-state index in [9.17, 15) is 0 Å². The molecule has 3 N–H and O–H groups in total. The first-order valence-electron chi connectivity index (χ1n) is 5.41. The maximum Gasteiger partial charge on any atom is 0.0582 e. The molecule has 0 spiro atoms. The van der Waals surface area contributed by atoms with E-state index in [2.05, 4.69) is 12.1 Å². The summed E-state index contributed by atoms with van der Waals surface area (Å²) in [7, 11) is 0. The standard InChI is InChI=1S/C12H18ClNOS/c13-11-5-3-10(4-6-11)9-16-7-1-2-12(14)8-15/h3-6,12,15H,1-2,7-9,14H2/t12-/m0/s1. The zero-order valence-corrected chi connectivity index (χ0v) is 10.8. The van der Waals surface area contributed by atoms with Crippen LogP contribution in [-0.2, 0) is 5.75 Å². The Balaban J connectivity index is 2.09. The van der Waals surface area contributed by atoms with Crippen LogP contribution in [-0.4, -0.2) is 23.5 Å². The topological polar surface area (TPSA) is 46.2 Å². The molecule has 0 fully saturated rings. The predicted molar refractivity (Wildman–Crippen MR) is 71.9 cm³/mol. The smallest absolute Gasteiger partial charge is 0.0582 e. The molecule has 4 heteroatoms. The minimum atomic E-state index is -0.0591. The summed E-state index contributed by atoms with van der Waals surface area (Å²) >= 11 is 7.69. The summed E-state index contributed by atoms with van der Waals surface area (Å²) in [5.41, 5.74) is 6.90. The Kier molecular flexibility index (Phi) is 6.88. The summed E-state index contributed by atoms with van der Waals surface area (Å²) in [6.07, 6.45) is 1.95. The highest BCUT2D eigenvalue weighted by molar-refractivity contribution is 7.98. The number of aliphatic hydroxyl groups is 1. The Labute approximate surface area is 106 Å². The molecule has 0 heterocycles. The molecule has 0 aliphatic rings. The first-order valence-corrected chi connectivity index (χ1v) is 6.94. The van der Waals surface area contributed by atoms with Gasteiger partial charge in [0, 0.05) is 16.8 Å². The lowest BCUT2D eigenvalue weighted by Gasteiger charge is -2.07. The molecule has 16 heavy (non-hydrogen) atoms. The molecule has 2 nitrogen and oxygen atoms in total. The second-order valence-corrected chi connectivity index (χ2v) is 5.31. The number of halogens is 1. The van der Waals surface area contributed by atoms with Crippen LogP contribution in [0.1, 0.15) is 18.4 Å². The molecule has 0 aromatic heterocycles. The molecule has 1 aromatic carbocycles. The summed E-state index contributed by atoms with van der Waals surface area (Å²) in [5, 5.41) is 9.53. The third-order valence-corrected chi connectivity index (χ3v) is 3.65. The molecule has 0 amide bonds. The van der Waals surface area contributed by atoms with Crippen molar-refractivity contribution >= 4 is 23.4 Å². The monoisotopic (exact) mass is 259 g/mol. The third-order valence-electron chi connectivity index (χ3n) is 2.28. The molecule has 0 aliphatic carbocycles. The molecule has 1 atom stereocenters. The number of rotatable bonds is 7. The SMILES string of the molecule is N[C@H](CO)CCCSCc1ccc(Cl)cc1. The van der Waals surface area contributed by atoms with Gasteiger partial charge in [-0.1, -0.05) is 23.7 Å². The predicted octanol–water partition coefficient (Wildman–Crippen LogP) is 2.67. The minimum Gasteiger partial charge on any atom is -0.395 e. The summed E-state index contributed by atoms with van der Waals surface area (Å²) in [6.45, 7) is 0.0852. The number of nitrogens with two attached hydrogens (primary N) is 1. The fourth-order valence-corrected chi connectivity index (χ4v) is 2.38. The van der Waals surface area contributed by atoms with Gasteiger partial charge in [-0.05, 0) is 36.3 Å². The zero-order chi connectivity index (χ0) is 11.8. The van der Waals surface area contributed by atoms with Gasteiger partial charge in [-0.2, -0.15) is 11.8 Å². The van der Waals surface area contributed by atoms with E-state index < -0.39 is 0 Å². The van der Waals surface area contributed by atoms with Crippen LogP contribution in [0.2, 0.25) is 5.02 Å². The average Bonchev–Trinajstić information content (AvgIpc) is 2.31. The normalized spacial score (nSPS) is 12.7. The van der Waals surface area contributed by atoms with Gasteiger partial charge in [-0.3, -0.25) is 0 Å². The Morgan fingerprint density at radius 1 is 1.31 bits per heavy atom. The van der Waals surface area contributed by atoms with Gasteiger partial charge < -0.3 is 10.8 Å². The molecule has 1 rings (SSSR count). The summed E-state index contributed by atoms with van der Waals surface area (Å²) < 4.78 is 0. The van der Waals surface area contributed by atoms with Crippen LogP contribution in [0.5, 0.6) is 0 Å². The van der Waals surface area contributed by atoms with Gasteiger partial charge in [0.05, 0.1) is 6.61 Å². The Morgan fingerprint density at radius 2 is 2.00 bits per heavy atom. The first-order chi connectivity index (χ1) is 7.72. The van der Waals surface area contributed by atoms with Crippen LogP contribution in [0.15, 0.2) is 24.3 Å². The molecule has 1 aromatic rings. The number of hydrogen-bond donors (Lipinski definition) is 2. The van der Waals surface area contributed by atoms with Crippen LogP contribution in [0.25, 0.3) is 0 Å². The van der Waals surface area contributed by atoms with Crippen molar-refractivity contribution in [3.05, 3.63) is 34.9 Å².